The number of morpholine rings is 1. The van der Waals surface area contributed by atoms with Crippen LogP contribution in [0.5, 0.6) is 5.75 Å². The lowest BCUT2D eigenvalue weighted by atomic mass is 10.0. The Morgan fingerprint density at radius 3 is 2.73 bits per heavy atom. The number of carbonyl (C=O) groups excluding carboxylic acids is 3. The van der Waals surface area contributed by atoms with Gasteiger partial charge in [-0.2, -0.15) is 0 Å². The van der Waals surface area contributed by atoms with Crippen LogP contribution in [-0.4, -0.2) is 59.7 Å². The van der Waals surface area contributed by atoms with E-state index in [2.05, 4.69) is 5.32 Å². The van der Waals surface area contributed by atoms with Gasteiger partial charge in [0.1, 0.15) is 18.4 Å². The maximum atomic E-state index is 13.0. The molecule has 2 aromatic rings. The molecule has 4 unspecified atom stereocenters. The van der Waals surface area contributed by atoms with Crippen LogP contribution in [0.15, 0.2) is 42.5 Å². The van der Waals surface area contributed by atoms with E-state index in [1.165, 1.54) is 9.80 Å². The Morgan fingerprint density at radius 2 is 1.91 bits per heavy atom. The Balaban J connectivity index is 1.24. The maximum Gasteiger partial charge on any atom is 0.255 e. The minimum atomic E-state index is -2.34. The first-order valence-electron chi connectivity index (χ1n) is 13.5. The molecule has 0 spiro atoms. The van der Waals surface area contributed by atoms with E-state index in [0.717, 1.165) is 11.1 Å². The van der Waals surface area contributed by atoms with E-state index in [1.54, 1.807) is 30.3 Å². The van der Waals surface area contributed by atoms with Gasteiger partial charge in [-0.15, -0.1) is 0 Å². The number of imide groups is 1. The Morgan fingerprint density at radius 1 is 1.09 bits per heavy atom. The third-order valence-electron chi connectivity index (χ3n) is 5.93. The highest BCUT2D eigenvalue weighted by molar-refractivity contribution is 6.05. The summed E-state index contributed by atoms with van der Waals surface area (Å²) in [6.07, 6.45) is 0.468. The quantitative estimate of drug-likeness (QED) is 0.671. The molecule has 1 N–H and O–H groups in total. The first-order valence-corrected chi connectivity index (χ1v) is 10.7. The lowest BCUT2D eigenvalue weighted by molar-refractivity contribution is -0.136. The van der Waals surface area contributed by atoms with Gasteiger partial charge in [0.2, 0.25) is 11.8 Å². The van der Waals surface area contributed by atoms with Crippen LogP contribution in [0.1, 0.15) is 46.7 Å². The zero-order valence-corrected chi connectivity index (χ0v) is 17.8. The van der Waals surface area contributed by atoms with Gasteiger partial charge in [-0.25, -0.2) is 0 Å². The molecule has 0 bridgehead atoms. The van der Waals surface area contributed by atoms with Crippen molar-refractivity contribution in [3.05, 3.63) is 64.7 Å². The lowest BCUT2D eigenvalue weighted by Crippen LogP contribution is -2.52. The molecule has 0 saturated carbocycles. The van der Waals surface area contributed by atoms with Crippen molar-refractivity contribution in [2.75, 3.05) is 26.2 Å². The maximum absolute atomic E-state index is 13.0. The van der Waals surface area contributed by atoms with Crippen molar-refractivity contribution >= 4 is 17.7 Å². The first kappa shape index (κ1) is 16.4. The van der Waals surface area contributed by atoms with Crippen molar-refractivity contribution in [3.63, 3.8) is 0 Å². The van der Waals surface area contributed by atoms with Gasteiger partial charge >= 0.3 is 0 Å². The minimum absolute atomic E-state index is 0.117. The largest absolute Gasteiger partial charge is 0.489 e. The average Bonchev–Trinajstić information content (AvgIpc) is 3.21. The van der Waals surface area contributed by atoms with E-state index in [-0.39, 0.29) is 44.4 Å². The number of carbonyl (C=O) groups is 3. The van der Waals surface area contributed by atoms with Gasteiger partial charge < -0.3 is 14.4 Å². The molecule has 0 aliphatic carbocycles. The van der Waals surface area contributed by atoms with Crippen molar-refractivity contribution in [2.24, 2.45) is 0 Å². The number of amides is 3. The second-order valence-corrected chi connectivity index (χ2v) is 8.11. The van der Waals surface area contributed by atoms with Crippen LogP contribution in [0.4, 0.5) is 0 Å². The minimum Gasteiger partial charge on any atom is -0.489 e. The summed E-state index contributed by atoms with van der Waals surface area (Å²) in [5.41, 5.74) is 2.74. The molecular weight excluding hydrogens is 422 g/mol. The van der Waals surface area contributed by atoms with Crippen molar-refractivity contribution in [2.45, 2.75) is 38.6 Å². The number of ether oxygens (including phenoxy) is 2. The van der Waals surface area contributed by atoms with Crippen LogP contribution in [0.3, 0.4) is 0 Å². The molecule has 0 aromatic heterocycles. The zero-order valence-electron chi connectivity index (χ0n) is 22.8. The van der Waals surface area contributed by atoms with Crippen molar-refractivity contribution in [1.82, 2.24) is 15.1 Å². The average molecular weight is 455 g/mol. The van der Waals surface area contributed by atoms with Crippen LogP contribution < -0.4 is 10.1 Å². The van der Waals surface area contributed by atoms with E-state index in [4.69, 9.17) is 16.3 Å². The number of fused-ring (bicyclic) bond motifs is 1. The Bertz CT molecular complexity index is 1260. The molecule has 2 saturated heterocycles. The molecule has 8 heteroatoms. The summed E-state index contributed by atoms with van der Waals surface area (Å²) in [5, 5.41) is 2.30. The number of hydrogen-bond acceptors (Lipinski definition) is 6. The summed E-state index contributed by atoms with van der Waals surface area (Å²) >= 11 is 0. The van der Waals surface area contributed by atoms with E-state index >= 15 is 0 Å². The smallest absolute Gasteiger partial charge is 0.255 e. The number of nitrogens with zero attached hydrogens (tertiary/aromatic N) is 2. The molecule has 3 amide bonds. The van der Waals surface area contributed by atoms with Gasteiger partial charge in [-0.3, -0.25) is 24.6 Å². The predicted octanol–water partition coefficient (Wildman–Crippen LogP) is 1.86. The van der Waals surface area contributed by atoms with Crippen LogP contribution in [0.2, 0.25) is 0 Å². The molecule has 3 aliphatic heterocycles. The molecular formula is C25H27N3O5. The molecule has 5 rings (SSSR count). The molecule has 8 nitrogen and oxygen atoms in total. The number of rotatable bonds is 6. The highest BCUT2D eigenvalue weighted by atomic mass is 16.5. The number of piperidine rings is 1. The van der Waals surface area contributed by atoms with Gasteiger partial charge in [0.05, 0.1) is 23.8 Å². The Hall–Kier alpha value is -3.23. The summed E-state index contributed by atoms with van der Waals surface area (Å²) in [7, 11) is 0. The third kappa shape index (κ3) is 4.62. The van der Waals surface area contributed by atoms with Gasteiger partial charge in [0, 0.05) is 39.9 Å². The molecule has 3 aliphatic rings. The van der Waals surface area contributed by atoms with E-state index < -0.39 is 38.1 Å². The number of benzene rings is 2. The monoisotopic (exact) mass is 454 g/mol. The third-order valence-corrected chi connectivity index (χ3v) is 5.93. The van der Waals surface area contributed by atoms with E-state index in [9.17, 15) is 14.4 Å². The number of hydrogen-bond donors (Lipinski definition) is 1. The fourth-order valence-corrected chi connectivity index (χ4v) is 4.19. The van der Waals surface area contributed by atoms with Crippen LogP contribution in [-0.2, 0) is 34.0 Å². The first-order chi connectivity index (χ1) is 18.0. The normalized spacial score (nSPS) is 31.6. The van der Waals surface area contributed by atoms with Crippen molar-refractivity contribution in [1.29, 1.82) is 0 Å². The van der Waals surface area contributed by atoms with Gasteiger partial charge in [0.25, 0.3) is 5.91 Å². The molecule has 3 heterocycles. The highest BCUT2D eigenvalue weighted by Gasteiger charge is 2.40. The Labute approximate surface area is 199 Å². The van der Waals surface area contributed by atoms with Gasteiger partial charge in [-0.1, -0.05) is 30.3 Å². The molecule has 4 atom stereocenters. The predicted molar refractivity (Wildman–Crippen MR) is 119 cm³/mol. The van der Waals surface area contributed by atoms with Crippen LogP contribution >= 0.6 is 0 Å². The summed E-state index contributed by atoms with van der Waals surface area (Å²) < 4.78 is 50.5. The van der Waals surface area contributed by atoms with Crippen LogP contribution in [0.25, 0.3) is 0 Å². The lowest BCUT2D eigenvalue weighted by Gasteiger charge is -2.29. The molecule has 33 heavy (non-hydrogen) atoms. The molecule has 2 fully saturated rings. The summed E-state index contributed by atoms with van der Waals surface area (Å²) in [6, 6.07) is 11.7. The molecule has 172 valence electrons. The summed E-state index contributed by atoms with van der Waals surface area (Å²) in [6.45, 7) is -5.84. The zero-order chi connectivity index (χ0) is 27.2. The summed E-state index contributed by atoms with van der Waals surface area (Å²) in [4.78, 5) is 39.5. The highest BCUT2D eigenvalue weighted by Crippen LogP contribution is 2.34. The second kappa shape index (κ2) is 9.33. The molecule has 0 radical (unpaired) electrons. The van der Waals surface area contributed by atoms with Gasteiger partial charge in [0.15, 0.2) is 0 Å². The summed E-state index contributed by atoms with van der Waals surface area (Å²) in [5.74, 6) is -0.547. The standard InChI is InChI=1S/C25H27N3O5/c29-23-9-8-21(24(30)26-23)28-15-20-19(25(28)31)2-1-3-22(20)33-16-18-6-4-17(5-7-18)14-27-10-12-32-13-11-27/h1-7,21H,8-16H2,(H,26,29,30)/i10D,11D,12D,13D2. The van der Waals surface area contributed by atoms with Crippen molar-refractivity contribution < 1.29 is 30.7 Å². The fourth-order valence-electron chi connectivity index (χ4n) is 4.19. The molecule has 2 aromatic carbocycles. The van der Waals surface area contributed by atoms with Crippen LogP contribution in [0, 0.1) is 0 Å². The Kier molecular flexibility index (Phi) is 4.63. The van der Waals surface area contributed by atoms with E-state index in [1.807, 2.05) is 12.1 Å². The van der Waals surface area contributed by atoms with Crippen molar-refractivity contribution in [3.8, 4) is 5.75 Å². The number of nitrogens with one attached hydrogen (secondary N) is 1. The SMILES string of the molecule is [2H]C1OC([2H])([2H])C([2H])N(Cc2ccc(COc3cccc4c3CN(C3CCC(=O)NC3=O)C4=O)cc2)C1[2H]. The van der Waals surface area contributed by atoms with Gasteiger partial charge in [-0.05, 0) is 29.7 Å². The second-order valence-electron chi connectivity index (χ2n) is 8.11. The van der Waals surface area contributed by atoms with E-state index in [0.29, 0.717) is 16.9 Å². The fraction of sp³-hybridized carbons (Fsp3) is 0.400. The topological polar surface area (TPSA) is 88.2 Å².